The molecule has 0 bridgehead atoms. The average Bonchev–Trinajstić information content (AvgIpc) is 2.56. The van der Waals surface area contributed by atoms with Crippen LogP contribution in [-0.2, 0) is 6.54 Å². The molecule has 5 nitrogen and oxygen atoms in total. The molecule has 1 saturated heterocycles. The van der Waals surface area contributed by atoms with E-state index in [2.05, 4.69) is 19.9 Å². The average molecular weight is 284 g/mol. The summed E-state index contributed by atoms with van der Waals surface area (Å²) in [6.07, 6.45) is 7.59. The molecule has 0 saturated carbocycles. The van der Waals surface area contributed by atoms with E-state index in [1.165, 1.54) is 0 Å². The van der Waals surface area contributed by atoms with Gasteiger partial charge in [-0.3, -0.25) is 9.88 Å². The van der Waals surface area contributed by atoms with Crippen molar-refractivity contribution in [2.75, 3.05) is 19.7 Å². The number of hydrogen-bond donors (Lipinski definition) is 1. The zero-order valence-corrected chi connectivity index (χ0v) is 12.0. The van der Waals surface area contributed by atoms with E-state index >= 15 is 0 Å². The van der Waals surface area contributed by atoms with Crippen molar-refractivity contribution in [2.24, 2.45) is 5.92 Å². The molecular formula is C16H20N4O. The fourth-order valence-electron chi connectivity index (χ4n) is 2.80. The molecule has 3 rings (SSSR count). The fourth-order valence-corrected chi connectivity index (χ4v) is 2.80. The molecule has 0 aromatic carbocycles. The molecule has 2 aromatic heterocycles. The Morgan fingerprint density at radius 2 is 2.05 bits per heavy atom. The van der Waals surface area contributed by atoms with Gasteiger partial charge < -0.3 is 5.11 Å². The highest BCUT2D eigenvalue weighted by Crippen LogP contribution is 2.18. The van der Waals surface area contributed by atoms with Gasteiger partial charge in [-0.1, -0.05) is 0 Å². The Bertz CT molecular complexity index is 575. The van der Waals surface area contributed by atoms with Crippen molar-refractivity contribution in [3.8, 4) is 11.4 Å². The molecule has 0 amide bonds. The third kappa shape index (κ3) is 3.62. The normalized spacial score (nSPS) is 19.6. The Balaban J connectivity index is 1.72. The highest BCUT2D eigenvalue weighted by molar-refractivity contribution is 5.53. The van der Waals surface area contributed by atoms with Crippen LogP contribution in [0.25, 0.3) is 11.4 Å². The summed E-state index contributed by atoms with van der Waals surface area (Å²) in [5.74, 6) is 1.14. The maximum atomic E-state index is 9.31. The van der Waals surface area contributed by atoms with Crippen LogP contribution in [0.5, 0.6) is 0 Å². The van der Waals surface area contributed by atoms with Crippen LogP contribution < -0.4 is 0 Å². The number of rotatable bonds is 4. The minimum atomic E-state index is 0.280. The Morgan fingerprint density at radius 1 is 1.19 bits per heavy atom. The van der Waals surface area contributed by atoms with Gasteiger partial charge in [0.25, 0.3) is 0 Å². The molecule has 1 fully saturated rings. The second-order valence-corrected chi connectivity index (χ2v) is 5.53. The van der Waals surface area contributed by atoms with E-state index in [1.807, 2.05) is 24.4 Å². The second kappa shape index (κ2) is 6.74. The molecule has 1 aliphatic heterocycles. The summed E-state index contributed by atoms with van der Waals surface area (Å²) >= 11 is 0. The first-order chi connectivity index (χ1) is 10.3. The first-order valence-corrected chi connectivity index (χ1v) is 7.40. The Hall–Kier alpha value is -1.85. The number of aromatic nitrogens is 3. The van der Waals surface area contributed by atoms with Crippen LogP contribution in [-0.4, -0.2) is 44.7 Å². The zero-order valence-electron chi connectivity index (χ0n) is 12.0. The van der Waals surface area contributed by atoms with Gasteiger partial charge in [-0.05, 0) is 43.5 Å². The minimum Gasteiger partial charge on any atom is -0.396 e. The van der Waals surface area contributed by atoms with Gasteiger partial charge in [0.05, 0.1) is 5.69 Å². The first-order valence-electron chi connectivity index (χ1n) is 7.40. The van der Waals surface area contributed by atoms with Crippen LogP contribution in [0.3, 0.4) is 0 Å². The molecule has 5 heteroatoms. The predicted octanol–water partition coefficient (Wildman–Crippen LogP) is 1.74. The van der Waals surface area contributed by atoms with Crippen LogP contribution in [0, 0.1) is 5.92 Å². The van der Waals surface area contributed by atoms with E-state index in [9.17, 15) is 5.11 Å². The molecule has 0 unspecified atom stereocenters. The first kappa shape index (κ1) is 14.1. The van der Waals surface area contributed by atoms with Gasteiger partial charge in [0.2, 0.25) is 0 Å². The summed E-state index contributed by atoms with van der Waals surface area (Å²) in [5, 5.41) is 9.31. The molecule has 21 heavy (non-hydrogen) atoms. The summed E-state index contributed by atoms with van der Waals surface area (Å²) in [4.78, 5) is 15.4. The summed E-state index contributed by atoms with van der Waals surface area (Å²) in [6, 6.07) is 5.80. The van der Waals surface area contributed by atoms with Gasteiger partial charge >= 0.3 is 0 Å². The highest BCUT2D eigenvalue weighted by Gasteiger charge is 2.19. The summed E-state index contributed by atoms with van der Waals surface area (Å²) in [7, 11) is 0. The van der Waals surface area contributed by atoms with Crippen LogP contribution in [0.4, 0.5) is 0 Å². The number of likely N-dealkylation sites (tertiary alicyclic amines) is 1. The molecular weight excluding hydrogens is 264 g/mol. The van der Waals surface area contributed by atoms with Crippen LogP contribution in [0.1, 0.15) is 18.5 Å². The number of nitrogens with zero attached hydrogens (tertiary/aromatic N) is 4. The van der Waals surface area contributed by atoms with Gasteiger partial charge in [-0.2, -0.15) is 0 Å². The van der Waals surface area contributed by atoms with E-state index in [4.69, 9.17) is 0 Å². The van der Waals surface area contributed by atoms with E-state index < -0.39 is 0 Å². The third-order valence-corrected chi connectivity index (χ3v) is 3.90. The quantitative estimate of drug-likeness (QED) is 0.926. The molecule has 1 atom stereocenters. The van der Waals surface area contributed by atoms with E-state index in [0.29, 0.717) is 5.92 Å². The van der Waals surface area contributed by atoms with Gasteiger partial charge in [0, 0.05) is 43.9 Å². The summed E-state index contributed by atoms with van der Waals surface area (Å²) in [5.41, 5.74) is 2.01. The maximum absolute atomic E-state index is 9.31. The maximum Gasteiger partial charge on any atom is 0.159 e. The van der Waals surface area contributed by atoms with Crippen molar-refractivity contribution in [1.29, 1.82) is 0 Å². The van der Waals surface area contributed by atoms with Crippen LogP contribution in [0.15, 0.2) is 36.8 Å². The summed E-state index contributed by atoms with van der Waals surface area (Å²) in [6.45, 7) is 3.12. The lowest BCUT2D eigenvalue weighted by Crippen LogP contribution is -2.36. The SMILES string of the molecule is OC[C@H]1CCCN(Cc2ccnc(-c3ccncc3)n2)C1. The molecule has 1 aliphatic rings. The van der Waals surface area contributed by atoms with E-state index in [1.54, 1.807) is 12.4 Å². The minimum absolute atomic E-state index is 0.280. The molecule has 0 spiro atoms. The number of aliphatic hydroxyl groups is 1. The van der Waals surface area contributed by atoms with Crippen molar-refractivity contribution in [3.63, 3.8) is 0 Å². The Morgan fingerprint density at radius 3 is 2.86 bits per heavy atom. The fraction of sp³-hybridized carbons (Fsp3) is 0.438. The molecule has 2 aromatic rings. The van der Waals surface area contributed by atoms with Crippen molar-refractivity contribution in [3.05, 3.63) is 42.5 Å². The number of hydrogen-bond acceptors (Lipinski definition) is 5. The standard InChI is InChI=1S/C16H20N4O/c21-12-13-2-1-9-20(10-13)11-15-5-8-18-16(19-15)14-3-6-17-7-4-14/h3-8,13,21H,1-2,9-12H2/t13-/m0/s1. The van der Waals surface area contributed by atoms with Gasteiger partial charge in [-0.25, -0.2) is 9.97 Å². The van der Waals surface area contributed by atoms with Gasteiger partial charge in [0.15, 0.2) is 5.82 Å². The van der Waals surface area contributed by atoms with Crippen LogP contribution in [0.2, 0.25) is 0 Å². The monoisotopic (exact) mass is 284 g/mol. The lowest BCUT2D eigenvalue weighted by Gasteiger charge is -2.31. The topological polar surface area (TPSA) is 62.1 Å². The van der Waals surface area contributed by atoms with Crippen molar-refractivity contribution < 1.29 is 5.11 Å². The van der Waals surface area contributed by atoms with Crippen molar-refractivity contribution in [2.45, 2.75) is 19.4 Å². The Kier molecular flexibility index (Phi) is 4.52. The Labute approximate surface area is 124 Å². The number of piperidine rings is 1. The number of pyridine rings is 1. The lowest BCUT2D eigenvalue weighted by atomic mass is 9.99. The zero-order chi connectivity index (χ0) is 14.5. The van der Waals surface area contributed by atoms with E-state index in [0.717, 1.165) is 49.6 Å². The molecule has 1 N–H and O–H groups in total. The molecule has 3 heterocycles. The second-order valence-electron chi connectivity index (χ2n) is 5.53. The molecule has 0 aliphatic carbocycles. The summed E-state index contributed by atoms with van der Waals surface area (Å²) < 4.78 is 0. The van der Waals surface area contributed by atoms with Crippen molar-refractivity contribution >= 4 is 0 Å². The van der Waals surface area contributed by atoms with Gasteiger partial charge in [-0.15, -0.1) is 0 Å². The van der Waals surface area contributed by atoms with E-state index in [-0.39, 0.29) is 6.61 Å². The lowest BCUT2D eigenvalue weighted by molar-refractivity contribution is 0.115. The number of aliphatic hydroxyl groups excluding tert-OH is 1. The smallest absolute Gasteiger partial charge is 0.159 e. The molecule has 110 valence electrons. The van der Waals surface area contributed by atoms with Crippen LogP contribution >= 0.6 is 0 Å². The largest absolute Gasteiger partial charge is 0.396 e. The predicted molar refractivity (Wildman–Crippen MR) is 80.3 cm³/mol. The third-order valence-electron chi connectivity index (χ3n) is 3.90. The highest BCUT2D eigenvalue weighted by atomic mass is 16.3. The van der Waals surface area contributed by atoms with Crippen molar-refractivity contribution in [1.82, 2.24) is 19.9 Å². The van der Waals surface area contributed by atoms with Gasteiger partial charge in [0.1, 0.15) is 0 Å². The molecule has 0 radical (unpaired) electrons.